The Morgan fingerprint density at radius 3 is 2.25 bits per heavy atom. The number of carbonyl (C=O) groups excluding carboxylic acids is 2. The minimum absolute atomic E-state index is 0.00357. The van der Waals surface area contributed by atoms with E-state index in [1.165, 1.54) is 12.1 Å². The molecular formula is C35H43FN4O4. The number of amides is 2. The maximum absolute atomic E-state index is 14.0. The van der Waals surface area contributed by atoms with Crippen molar-refractivity contribution in [1.29, 1.82) is 0 Å². The first-order valence-corrected chi connectivity index (χ1v) is 15.5. The van der Waals surface area contributed by atoms with Gasteiger partial charge in [0.1, 0.15) is 23.4 Å². The average Bonchev–Trinajstić information content (AvgIpc) is 3.06. The fourth-order valence-electron chi connectivity index (χ4n) is 6.40. The highest BCUT2D eigenvalue weighted by atomic mass is 19.1. The van der Waals surface area contributed by atoms with Crippen LogP contribution in [-0.2, 0) is 17.9 Å². The van der Waals surface area contributed by atoms with E-state index >= 15 is 0 Å². The van der Waals surface area contributed by atoms with E-state index in [0.29, 0.717) is 43.8 Å². The molecule has 3 N–H and O–H groups in total. The molecular weight excluding hydrogens is 559 g/mol. The number of likely N-dealkylation sites (tertiary alicyclic amines) is 1. The van der Waals surface area contributed by atoms with Crippen LogP contribution in [0.15, 0.2) is 72.8 Å². The summed E-state index contributed by atoms with van der Waals surface area (Å²) < 4.78 is 24.6. The molecule has 0 radical (unpaired) electrons. The number of methoxy groups -OCH3 is 2. The molecule has 1 heterocycles. The summed E-state index contributed by atoms with van der Waals surface area (Å²) in [5.41, 5.74) is 8.65. The highest BCUT2D eigenvalue weighted by Gasteiger charge is 2.39. The van der Waals surface area contributed by atoms with E-state index in [4.69, 9.17) is 15.2 Å². The van der Waals surface area contributed by atoms with Crippen LogP contribution in [0.3, 0.4) is 0 Å². The van der Waals surface area contributed by atoms with Crippen LogP contribution in [-0.4, -0.2) is 66.5 Å². The molecule has 2 fully saturated rings. The van der Waals surface area contributed by atoms with E-state index in [2.05, 4.69) is 16.3 Å². The molecule has 0 bridgehead atoms. The summed E-state index contributed by atoms with van der Waals surface area (Å²) in [6.07, 6.45) is 4.56. The molecule has 1 saturated heterocycles. The summed E-state index contributed by atoms with van der Waals surface area (Å²) >= 11 is 0. The Morgan fingerprint density at radius 1 is 0.886 bits per heavy atom. The molecule has 3 aromatic carbocycles. The van der Waals surface area contributed by atoms with Gasteiger partial charge in [0.25, 0.3) is 5.91 Å². The molecule has 1 aliphatic heterocycles. The van der Waals surface area contributed by atoms with Crippen LogP contribution in [0.25, 0.3) is 0 Å². The third-order valence-electron chi connectivity index (χ3n) is 8.91. The maximum atomic E-state index is 14.0. The molecule has 2 aliphatic rings. The summed E-state index contributed by atoms with van der Waals surface area (Å²) in [4.78, 5) is 31.9. The number of nitrogens with one attached hydrogen (secondary N) is 1. The largest absolute Gasteiger partial charge is 0.497 e. The van der Waals surface area contributed by atoms with Crippen molar-refractivity contribution in [2.75, 3.05) is 20.8 Å². The summed E-state index contributed by atoms with van der Waals surface area (Å²) in [6.45, 7) is 1.60. The topological polar surface area (TPSA) is 97.1 Å². The lowest BCUT2D eigenvalue weighted by molar-refractivity contribution is -0.128. The minimum atomic E-state index is -0.649. The zero-order valence-electron chi connectivity index (χ0n) is 25.6. The number of carbonyl (C=O) groups is 2. The molecule has 44 heavy (non-hydrogen) atoms. The predicted molar refractivity (Wildman–Crippen MR) is 168 cm³/mol. The van der Waals surface area contributed by atoms with Crippen LogP contribution < -0.4 is 20.5 Å². The van der Waals surface area contributed by atoms with E-state index in [1.54, 1.807) is 55.5 Å². The highest BCUT2D eigenvalue weighted by Crippen LogP contribution is 2.29. The maximum Gasteiger partial charge on any atom is 0.254 e. The number of nitrogens with zero attached hydrogens (tertiary/aromatic N) is 2. The Hall–Kier alpha value is -3.95. The van der Waals surface area contributed by atoms with Gasteiger partial charge in [0.2, 0.25) is 5.91 Å². The standard InChI is InChI=1S/C35H43FN4O4/c1-43-31-7-3-5-25(19-31)23-39(22-24-9-11-27(36)12-10-24)30-17-18-40(35(42)26-6-4-8-32(20-26)44-2)33(21-30)34(41)38-29-15-13-28(37)14-16-29/h3-12,19-20,28-30,33H,13-18,21-23,37H2,1-2H3,(H,38,41)/t28?,29?,30?,33-/m1/s1. The van der Waals surface area contributed by atoms with Crippen LogP contribution in [0.5, 0.6) is 11.5 Å². The van der Waals surface area contributed by atoms with Crippen LogP contribution in [0.2, 0.25) is 0 Å². The van der Waals surface area contributed by atoms with Crippen molar-refractivity contribution in [3.63, 3.8) is 0 Å². The minimum Gasteiger partial charge on any atom is -0.497 e. The van der Waals surface area contributed by atoms with Crippen molar-refractivity contribution < 1.29 is 23.5 Å². The number of nitrogens with two attached hydrogens (primary N) is 1. The smallest absolute Gasteiger partial charge is 0.254 e. The van der Waals surface area contributed by atoms with Gasteiger partial charge in [0.05, 0.1) is 14.2 Å². The van der Waals surface area contributed by atoms with Gasteiger partial charge in [-0.05, 0) is 92.1 Å². The molecule has 2 atom stereocenters. The Balaban J connectivity index is 1.42. The Labute approximate surface area is 259 Å². The van der Waals surface area contributed by atoms with Gasteiger partial charge in [-0.15, -0.1) is 0 Å². The Bertz CT molecular complexity index is 1410. The summed E-state index contributed by atoms with van der Waals surface area (Å²) in [5, 5.41) is 3.26. The normalized spacial score (nSPS) is 22.0. The number of benzene rings is 3. The number of hydrogen-bond acceptors (Lipinski definition) is 6. The summed E-state index contributed by atoms with van der Waals surface area (Å²) in [5.74, 6) is 0.764. The molecule has 0 spiro atoms. The zero-order chi connectivity index (χ0) is 31.1. The number of rotatable bonds is 10. The van der Waals surface area contributed by atoms with Crippen molar-refractivity contribution >= 4 is 11.8 Å². The van der Waals surface area contributed by atoms with Crippen LogP contribution >= 0.6 is 0 Å². The van der Waals surface area contributed by atoms with Gasteiger partial charge in [-0.25, -0.2) is 4.39 Å². The lowest BCUT2D eigenvalue weighted by Gasteiger charge is -2.43. The van der Waals surface area contributed by atoms with E-state index in [0.717, 1.165) is 42.6 Å². The van der Waals surface area contributed by atoms with E-state index in [9.17, 15) is 14.0 Å². The monoisotopic (exact) mass is 602 g/mol. The molecule has 1 saturated carbocycles. The molecule has 1 unspecified atom stereocenters. The van der Waals surface area contributed by atoms with Crippen molar-refractivity contribution in [3.8, 4) is 11.5 Å². The summed E-state index contributed by atoms with van der Waals surface area (Å²) in [7, 11) is 3.22. The van der Waals surface area contributed by atoms with Gasteiger partial charge in [0.15, 0.2) is 0 Å². The van der Waals surface area contributed by atoms with Crippen molar-refractivity contribution in [1.82, 2.24) is 15.1 Å². The van der Waals surface area contributed by atoms with E-state index < -0.39 is 6.04 Å². The van der Waals surface area contributed by atoms with Gasteiger partial charge in [-0.1, -0.05) is 30.3 Å². The first-order valence-electron chi connectivity index (χ1n) is 15.5. The zero-order valence-corrected chi connectivity index (χ0v) is 25.6. The van der Waals surface area contributed by atoms with Crippen molar-refractivity contribution in [2.45, 2.75) is 75.8 Å². The number of piperidine rings is 1. The van der Waals surface area contributed by atoms with Gasteiger partial charge >= 0.3 is 0 Å². The predicted octanol–water partition coefficient (Wildman–Crippen LogP) is 4.90. The number of halogens is 1. The highest BCUT2D eigenvalue weighted by molar-refractivity contribution is 5.98. The fraction of sp³-hybridized carbons (Fsp3) is 0.429. The lowest BCUT2D eigenvalue weighted by Crippen LogP contribution is -2.58. The Kier molecular flexibility index (Phi) is 10.5. The van der Waals surface area contributed by atoms with Crippen molar-refractivity contribution in [3.05, 3.63) is 95.3 Å². The SMILES string of the molecule is COc1cccc(CN(Cc2ccc(F)cc2)C2CCN(C(=O)c3cccc(OC)c3)[C@@H](C(=O)NC3CCC(N)CC3)C2)c1. The quantitative estimate of drug-likeness (QED) is 0.343. The van der Waals surface area contributed by atoms with E-state index in [1.807, 2.05) is 18.2 Å². The number of ether oxygens (including phenoxy) is 2. The fourth-order valence-corrected chi connectivity index (χ4v) is 6.40. The van der Waals surface area contributed by atoms with Crippen LogP contribution in [0.4, 0.5) is 4.39 Å². The van der Waals surface area contributed by atoms with Gasteiger partial charge < -0.3 is 25.4 Å². The third-order valence-corrected chi connectivity index (χ3v) is 8.91. The second-order valence-corrected chi connectivity index (χ2v) is 11.9. The number of hydrogen-bond donors (Lipinski definition) is 2. The molecule has 1 aliphatic carbocycles. The Morgan fingerprint density at radius 2 is 1.55 bits per heavy atom. The second kappa shape index (κ2) is 14.7. The average molecular weight is 603 g/mol. The first kappa shape index (κ1) is 31.5. The lowest BCUT2D eigenvalue weighted by atomic mass is 9.90. The molecule has 2 amide bonds. The molecule has 9 heteroatoms. The first-order chi connectivity index (χ1) is 21.3. The van der Waals surface area contributed by atoms with Gasteiger partial charge in [0, 0.05) is 43.3 Å². The van der Waals surface area contributed by atoms with Gasteiger partial charge in [-0.2, -0.15) is 0 Å². The van der Waals surface area contributed by atoms with Crippen LogP contribution in [0, 0.1) is 5.82 Å². The van der Waals surface area contributed by atoms with Gasteiger partial charge in [-0.3, -0.25) is 14.5 Å². The second-order valence-electron chi connectivity index (χ2n) is 11.9. The van der Waals surface area contributed by atoms with Crippen LogP contribution in [0.1, 0.15) is 60.0 Å². The molecule has 0 aromatic heterocycles. The molecule has 234 valence electrons. The van der Waals surface area contributed by atoms with Crippen molar-refractivity contribution in [2.24, 2.45) is 5.73 Å². The molecule has 3 aromatic rings. The molecule has 5 rings (SSSR count). The summed E-state index contributed by atoms with van der Waals surface area (Å²) in [6, 6.07) is 21.1. The molecule has 8 nitrogen and oxygen atoms in total. The third kappa shape index (κ3) is 7.95. The van der Waals surface area contributed by atoms with E-state index in [-0.39, 0.29) is 35.8 Å².